The lowest BCUT2D eigenvalue weighted by Gasteiger charge is -2.09. The topological polar surface area (TPSA) is 29.1 Å². The normalized spacial score (nSPS) is 12.2. The van der Waals surface area contributed by atoms with Crippen LogP contribution in [0, 0.1) is 0 Å². The summed E-state index contributed by atoms with van der Waals surface area (Å²) < 4.78 is 1.07. The van der Waals surface area contributed by atoms with Crippen LogP contribution in [-0.4, -0.2) is 12.5 Å². The first-order valence-corrected chi connectivity index (χ1v) is 4.96. The highest BCUT2D eigenvalue weighted by Gasteiger charge is 2.01. The molecule has 0 heterocycles. The maximum Gasteiger partial charge on any atom is 0.207 e. The van der Waals surface area contributed by atoms with Gasteiger partial charge in [-0.25, -0.2) is 0 Å². The summed E-state index contributed by atoms with van der Waals surface area (Å²) >= 11 is 3.40. The standard InChI is InChI=1S/C10H12BrNO/c1-8(12-7-13)5-9-3-2-4-10(11)6-9/h2-4,6-8H,5H2,1H3,(H,12,13)/t8-/m0/s1. The first-order chi connectivity index (χ1) is 6.22. The molecule has 1 aromatic rings. The van der Waals surface area contributed by atoms with Gasteiger partial charge in [-0.2, -0.15) is 0 Å². The predicted molar refractivity (Wildman–Crippen MR) is 56.5 cm³/mol. The van der Waals surface area contributed by atoms with Crippen LogP contribution in [0.5, 0.6) is 0 Å². The monoisotopic (exact) mass is 241 g/mol. The van der Waals surface area contributed by atoms with Gasteiger partial charge < -0.3 is 5.32 Å². The minimum atomic E-state index is 0.187. The molecule has 1 N–H and O–H groups in total. The minimum Gasteiger partial charge on any atom is -0.356 e. The Labute approximate surface area is 86.5 Å². The van der Waals surface area contributed by atoms with Crippen LogP contribution in [-0.2, 0) is 11.2 Å². The van der Waals surface area contributed by atoms with Crippen molar-refractivity contribution in [2.24, 2.45) is 0 Å². The molecule has 1 rings (SSSR count). The third-order valence-corrected chi connectivity index (χ3v) is 2.28. The molecule has 0 aliphatic rings. The summed E-state index contributed by atoms with van der Waals surface area (Å²) in [5.74, 6) is 0. The van der Waals surface area contributed by atoms with E-state index in [1.54, 1.807) is 0 Å². The van der Waals surface area contributed by atoms with Crippen molar-refractivity contribution >= 4 is 22.3 Å². The Bertz CT molecular complexity index is 288. The van der Waals surface area contributed by atoms with E-state index in [1.807, 2.05) is 25.1 Å². The van der Waals surface area contributed by atoms with Gasteiger partial charge in [-0.3, -0.25) is 4.79 Å². The van der Waals surface area contributed by atoms with Crippen LogP contribution in [0.3, 0.4) is 0 Å². The summed E-state index contributed by atoms with van der Waals surface area (Å²) in [7, 11) is 0. The summed E-state index contributed by atoms with van der Waals surface area (Å²) in [4.78, 5) is 10.2. The number of amides is 1. The van der Waals surface area contributed by atoms with E-state index in [0.29, 0.717) is 0 Å². The zero-order valence-corrected chi connectivity index (χ0v) is 9.04. The van der Waals surface area contributed by atoms with E-state index in [-0.39, 0.29) is 6.04 Å². The fourth-order valence-corrected chi connectivity index (χ4v) is 1.64. The van der Waals surface area contributed by atoms with E-state index in [1.165, 1.54) is 5.56 Å². The second-order valence-electron chi connectivity index (χ2n) is 3.02. The van der Waals surface area contributed by atoms with Crippen molar-refractivity contribution in [3.05, 3.63) is 34.3 Å². The molecule has 0 aliphatic heterocycles. The lowest BCUT2D eigenvalue weighted by molar-refractivity contribution is -0.110. The van der Waals surface area contributed by atoms with Crippen molar-refractivity contribution in [2.75, 3.05) is 0 Å². The Morgan fingerprint density at radius 2 is 2.38 bits per heavy atom. The number of nitrogens with one attached hydrogen (secondary N) is 1. The largest absolute Gasteiger partial charge is 0.356 e. The number of halogens is 1. The van der Waals surface area contributed by atoms with Gasteiger partial charge in [0.2, 0.25) is 6.41 Å². The Morgan fingerprint density at radius 1 is 1.62 bits per heavy atom. The van der Waals surface area contributed by atoms with E-state index in [9.17, 15) is 4.79 Å². The summed E-state index contributed by atoms with van der Waals surface area (Å²) in [6, 6.07) is 8.28. The van der Waals surface area contributed by atoms with Crippen LogP contribution >= 0.6 is 15.9 Å². The Hall–Kier alpha value is -0.830. The molecule has 1 amide bonds. The molecule has 70 valence electrons. The molecule has 3 heteroatoms. The maximum absolute atomic E-state index is 10.2. The Balaban J connectivity index is 2.58. The summed E-state index contributed by atoms with van der Waals surface area (Å²) in [6.07, 6.45) is 1.60. The molecule has 0 aromatic heterocycles. The van der Waals surface area contributed by atoms with Gasteiger partial charge in [0, 0.05) is 10.5 Å². The second-order valence-corrected chi connectivity index (χ2v) is 3.94. The fourth-order valence-electron chi connectivity index (χ4n) is 1.19. The highest BCUT2D eigenvalue weighted by atomic mass is 79.9. The van der Waals surface area contributed by atoms with E-state index >= 15 is 0 Å². The van der Waals surface area contributed by atoms with Crippen molar-refractivity contribution in [2.45, 2.75) is 19.4 Å². The van der Waals surface area contributed by atoms with E-state index < -0.39 is 0 Å². The highest BCUT2D eigenvalue weighted by molar-refractivity contribution is 9.10. The van der Waals surface area contributed by atoms with E-state index in [0.717, 1.165) is 17.3 Å². The van der Waals surface area contributed by atoms with E-state index in [4.69, 9.17) is 0 Å². The molecule has 1 aromatic carbocycles. The first kappa shape index (κ1) is 10.3. The molecule has 1 atom stereocenters. The van der Waals surface area contributed by atoms with Crippen LogP contribution in [0.2, 0.25) is 0 Å². The number of carbonyl (C=O) groups is 1. The minimum absolute atomic E-state index is 0.187. The highest BCUT2D eigenvalue weighted by Crippen LogP contribution is 2.12. The SMILES string of the molecule is C[C@@H](Cc1cccc(Br)c1)NC=O. The van der Waals surface area contributed by atoms with Gasteiger partial charge in [-0.15, -0.1) is 0 Å². The zero-order valence-electron chi connectivity index (χ0n) is 7.46. The van der Waals surface area contributed by atoms with Crippen molar-refractivity contribution in [3.8, 4) is 0 Å². The van der Waals surface area contributed by atoms with Crippen LogP contribution in [0.15, 0.2) is 28.7 Å². The molecule has 0 spiro atoms. The Kier molecular flexibility index (Phi) is 3.96. The third kappa shape index (κ3) is 3.59. The molecule has 0 saturated carbocycles. The first-order valence-electron chi connectivity index (χ1n) is 4.16. The molecule has 0 radical (unpaired) electrons. The average molecular weight is 242 g/mol. The van der Waals surface area contributed by atoms with Crippen molar-refractivity contribution < 1.29 is 4.79 Å². The quantitative estimate of drug-likeness (QED) is 0.805. The van der Waals surface area contributed by atoms with Crippen LogP contribution in [0.1, 0.15) is 12.5 Å². The van der Waals surface area contributed by atoms with Crippen molar-refractivity contribution in [1.82, 2.24) is 5.32 Å². The lowest BCUT2D eigenvalue weighted by Crippen LogP contribution is -2.26. The predicted octanol–water partition coefficient (Wildman–Crippen LogP) is 2.13. The number of carbonyl (C=O) groups excluding carboxylic acids is 1. The number of benzene rings is 1. The third-order valence-electron chi connectivity index (χ3n) is 1.78. The number of rotatable bonds is 4. The molecule has 0 bridgehead atoms. The fraction of sp³-hybridized carbons (Fsp3) is 0.300. The zero-order chi connectivity index (χ0) is 9.68. The van der Waals surface area contributed by atoms with Gasteiger partial charge in [0.05, 0.1) is 0 Å². The summed E-state index contributed by atoms with van der Waals surface area (Å²) in [6.45, 7) is 1.98. The molecule has 0 unspecified atom stereocenters. The summed E-state index contributed by atoms with van der Waals surface area (Å²) in [5, 5.41) is 2.72. The maximum atomic E-state index is 10.2. The lowest BCUT2D eigenvalue weighted by atomic mass is 10.1. The van der Waals surface area contributed by atoms with Gasteiger partial charge in [-0.1, -0.05) is 28.1 Å². The van der Waals surface area contributed by atoms with Gasteiger partial charge >= 0.3 is 0 Å². The molecule has 0 saturated heterocycles. The molecule has 2 nitrogen and oxygen atoms in total. The van der Waals surface area contributed by atoms with Crippen LogP contribution < -0.4 is 5.32 Å². The molecule has 0 fully saturated rings. The van der Waals surface area contributed by atoms with Crippen molar-refractivity contribution in [1.29, 1.82) is 0 Å². The Morgan fingerprint density at radius 3 is 3.00 bits per heavy atom. The van der Waals surface area contributed by atoms with Crippen molar-refractivity contribution in [3.63, 3.8) is 0 Å². The van der Waals surface area contributed by atoms with Crippen LogP contribution in [0.25, 0.3) is 0 Å². The smallest absolute Gasteiger partial charge is 0.207 e. The summed E-state index contributed by atoms with van der Waals surface area (Å²) in [5.41, 5.74) is 1.22. The van der Waals surface area contributed by atoms with Gasteiger partial charge in [0.15, 0.2) is 0 Å². The average Bonchev–Trinajstić information content (AvgIpc) is 2.04. The van der Waals surface area contributed by atoms with Gasteiger partial charge in [-0.05, 0) is 31.0 Å². The molecule has 13 heavy (non-hydrogen) atoms. The van der Waals surface area contributed by atoms with Gasteiger partial charge in [0.25, 0.3) is 0 Å². The second kappa shape index (κ2) is 5.02. The van der Waals surface area contributed by atoms with Crippen LogP contribution in [0.4, 0.5) is 0 Å². The number of hydrogen-bond acceptors (Lipinski definition) is 1. The van der Waals surface area contributed by atoms with Gasteiger partial charge in [0.1, 0.15) is 0 Å². The molecular formula is C10H12BrNO. The van der Waals surface area contributed by atoms with E-state index in [2.05, 4.69) is 27.3 Å². The number of hydrogen-bond donors (Lipinski definition) is 1. The molecular weight excluding hydrogens is 230 g/mol. The molecule has 0 aliphatic carbocycles.